The number of aryl methyl sites for hydroxylation is 2. The molecule has 1 aromatic rings. The molecule has 0 aliphatic rings. The molecule has 0 saturated heterocycles. The van der Waals surface area contributed by atoms with Crippen LogP contribution in [0.4, 0.5) is 0 Å². The Kier molecular flexibility index (Phi) is 5.24. The lowest BCUT2D eigenvalue weighted by Gasteiger charge is -2.04. The SMILES string of the molecule is CCc1ccc(CCC(=O)CC(C)C)cc1. The van der Waals surface area contributed by atoms with Crippen molar-refractivity contribution in [3.63, 3.8) is 0 Å². The van der Waals surface area contributed by atoms with E-state index >= 15 is 0 Å². The van der Waals surface area contributed by atoms with Crippen molar-refractivity contribution in [3.05, 3.63) is 35.4 Å². The molecule has 0 aliphatic carbocycles. The summed E-state index contributed by atoms with van der Waals surface area (Å²) in [6, 6.07) is 8.59. The molecule has 0 N–H and O–H groups in total. The van der Waals surface area contributed by atoms with E-state index in [1.54, 1.807) is 0 Å². The summed E-state index contributed by atoms with van der Waals surface area (Å²) in [4.78, 5) is 11.5. The van der Waals surface area contributed by atoms with E-state index in [0.29, 0.717) is 24.5 Å². The second kappa shape index (κ2) is 6.47. The lowest BCUT2D eigenvalue weighted by molar-refractivity contribution is -0.119. The predicted molar refractivity (Wildman–Crippen MR) is 68.6 cm³/mol. The quantitative estimate of drug-likeness (QED) is 0.710. The van der Waals surface area contributed by atoms with E-state index in [0.717, 1.165) is 12.8 Å². The second-order valence-corrected chi connectivity index (χ2v) is 4.81. The fourth-order valence-corrected chi connectivity index (χ4v) is 1.78. The van der Waals surface area contributed by atoms with Crippen LogP contribution in [0.25, 0.3) is 0 Å². The lowest BCUT2D eigenvalue weighted by atomic mass is 10.0. The van der Waals surface area contributed by atoms with Gasteiger partial charge in [0.1, 0.15) is 5.78 Å². The average Bonchev–Trinajstić information content (AvgIpc) is 2.26. The Balaban J connectivity index is 2.39. The van der Waals surface area contributed by atoms with Crippen LogP contribution in [0.2, 0.25) is 0 Å². The molecule has 0 saturated carbocycles. The summed E-state index contributed by atoms with van der Waals surface area (Å²) >= 11 is 0. The largest absolute Gasteiger partial charge is 0.300 e. The highest BCUT2D eigenvalue weighted by molar-refractivity contribution is 5.78. The van der Waals surface area contributed by atoms with Crippen molar-refractivity contribution in [2.75, 3.05) is 0 Å². The first-order chi connectivity index (χ1) is 7.61. The summed E-state index contributed by atoms with van der Waals surface area (Å²) in [5, 5.41) is 0. The van der Waals surface area contributed by atoms with Crippen molar-refractivity contribution in [2.24, 2.45) is 5.92 Å². The molecule has 1 heteroatoms. The van der Waals surface area contributed by atoms with Crippen LogP contribution < -0.4 is 0 Å². The number of hydrogen-bond donors (Lipinski definition) is 0. The van der Waals surface area contributed by atoms with Crippen molar-refractivity contribution in [3.8, 4) is 0 Å². The van der Waals surface area contributed by atoms with Gasteiger partial charge in [-0.1, -0.05) is 45.0 Å². The third kappa shape index (κ3) is 4.61. The minimum atomic E-state index is 0.384. The Morgan fingerprint density at radius 3 is 2.19 bits per heavy atom. The minimum absolute atomic E-state index is 0.384. The van der Waals surface area contributed by atoms with Gasteiger partial charge in [-0.15, -0.1) is 0 Å². The van der Waals surface area contributed by atoms with E-state index in [1.165, 1.54) is 11.1 Å². The van der Waals surface area contributed by atoms with E-state index in [2.05, 4.69) is 45.0 Å². The summed E-state index contributed by atoms with van der Waals surface area (Å²) in [6.07, 6.45) is 3.36. The summed E-state index contributed by atoms with van der Waals surface area (Å²) in [5.41, 5.74) is 2.63. The first-order valence-corrected chi connectivity index (χ1v) is 6.21. The van der Waals surface area contributed by atoms with E-state index in [9.17, 15) is 4.79 Å². The van der Waals surface area contributed by atoms with Gasteiger partial charge in [0, 0.05) is 12.8 Å². The van der Waals surface area contributed by atoms with Crippen LogP contribution in [0.3, 0.4) is 0 Å². The number of hydrogen-bond acceptors (Lipinski definition) is 1. The highest BCUT2D eigenvalue weighted by Crippen LogP contribution is 2.10. The Morgan fingerprint density at radius 1 is 1.12 bits per heavy atom. The average molecular weight is 218 g/mol. The predicted octanol–water partition coefficient (Wildman–Crippen LogP) is 3.80. The Labute approximate surface area is 98.9 Å². The van der Waals surface area contributed by atoms with Crippen LogP contribution >= 0.6 is 0 Å². The minimum Gasteiger partial charge on any atom is -0.300 e. The monoisotopic (exact) mass is 218 g/mol. The highest BCUT2D eigenvalue weighted by Gasteiger charge is 2.05. The van der Waals surface area contributed by atoms with Crippen LogP contribution in [0.1, 0.15) is 44.7 Å². The van der Waals surface area contributed by atoms with Gasteiger partial charge >= 0.3 is 0 Å². The fourth-order valence-electron chi connectivity index (χ4n) is 1.78. The Morgan fingerprint density at radius 2 is 1.69 bits per heavy atom. The number of carbonyl (C=O) groups is 1. The molecule has 1 nitrogen and oxygen atoms in total. The van der Waals surface area contributed by atoms with Crippen molar-refractivity contribution >= 4 is 5.78 Å². The van der Waals surface area contributed by atoms with Gasteiger partial charge in [0.25, 0.3) is 0 Å². The molecular formula is C15H22O. The molecule has 0 aromatic heterocycles. The normalized spacial score (nSPS) is 10.8. The maximum absolute atomic E-state index is 11.5. The molecular weight excluding hydrogens is 196 g/mol. The first-order valence-electron chi connectivity index (χ1n) is 6.21. The van der Waals surface area contributed by atoms with Crippen molar-refractivity contribution in [2.45, 2.75) is 46.5 Å². The molecule has 0 bridgehead atoms. The molecule has 0 atom stereocenters. The summed E-state index contributed by atoms with van der Waals surface area (Å²) in [6.45, 7) is 6.34. The number of Topliss-reactive ketones (excluding diaryl/α,β-unsaturated/α-hetero) is 1. The zero-order valence-electron chi connectivity index (χ0n) is 10.6. The van der Waals surface area contributed by atoms with Gasteiger partial charge in [0.05, 0.1) is 0 Å². The maximum Gasteiger partial charge on any atom is 0.133 e. The lowest BCUT2D eigenvalue weighted by Crippen LogP contribution is -2.04. The molecule has 0 spiro atoms. The fraction of sp³-hybridized carbons (Fsp3) is 0.533. The standard InChI is InChI=1S/C15H22O/c1-4-13-5-7-14(8-6-13)9-10-15(16)11-12(2)3/h5-8,12H,4,9-11H2,1-3H3. The number of ketones is 1. The number of carbonyl (C=O) groups excluding carboxylic acids is 1. The van der Waals surface area contributed by atoms with Gasteiger partial charge in [-0.2, -0.15) is 0 Å². The molecule has 1 aromatic carbocycles. The smallest absolute Gasteiger partial charge is 0.133 e. The Bertz CT molecular complexity index is 322. The molecule has 1 rings (SSSR count). The molecule has 0 heterocycles. The molecule has 0 fully saturated rings. The van der Waals surface area contributed by atoms with Crippen LogP contribution in [-0.4, -0.2) is 5.78 Å². The van der Waals surface area contributed by atoms with Crippen molar-refractivity contribution < 1.29 is 4.79 Å². The third-order valence-electron chi connectivity index (χ3n) is 2.76. The molecule has 88 valence electrons. The summed E-state index contributed by atoms with van der Waals surface area (Å²) in [7, 11) is 0. The van der Waals surface area contributed by atoms with E-state index in [4.69, 9.17) is 0 Å². The van der Waals surface area contributed by atoms with Crippen LogP contribution in [0, 0.1) is 5.92 Å². The zero-order chi connectivity index (χ0) is 12.0. The molecule has 16 heavy (non-hydrogen) atoms. The third-order valence-corrected chi connectivity index (χ3v) is 2.76. The van der Waals surface area contributed by atoms with Crippen LogP contribution in [-0.2, 0) is 17.6 Å². The van der Waals surface area contributed by atoms with Gasteiger partial charge in [-0.25, -0.2) is 0 Å². The van der Waals surface area contributed by atoms with E-state index in [-0.39, 0.29) is 0 Å². The van der Waals surface area contributed by atoms with Gasteiger partial charge in [0.2, 0.25) is 0 Å². The maximum atomic E-state index is 11.5. The molecule has 0 radical (unpaired) electrons. The number of rotatable bonds is 6. The number of benzene rings is 1. The van der Waals surface area contributed by atoms with E-state index in [1.807, 2.05) is 0 Å². The van der Waals surface area contributed by atoms with E-state index < -0.39 is 0 Å². The zero-order valence-corrected chi connectivity index (χ0v) is 10.6. The second-order valence-electron chi connectivity index (χ2n) is 4.81. The highest BCUT2D eigenvalue weighted by atomic mass is 16.1. The van der Waals surface area contributed by atoms with Crippen molar-refractivity contribution in [1.29, 1.82) is 0 Å². The van der Waals surface area contributed by atoms with Crippen LogP contribution in [0.15, 0.2) is 24.3 Å². The van der Waals surface area contributed by atoms with Crippen molar-refractivity contribution in [1.82, 2.24) is 0 Å². The Hall–Kier alpha value is -1.11. The molecule has 0 unspecified atom stereocenters. The summed E-state index contributed by atoms with van der Waals surface area (Å²) < 4.78 is 0. The van der Waals surface area contributed by atoms with Gasteiger partial charge in [-0.05, 0) is 29.9 Å². The topological polar surface area (TPSA) is 17.1 Å². The van der Waals surface area contributed by atoms with Crippen LogP contribution in [0.5, 0.6) is 0 Å². The summed E-state index contributed by atoms with van der Waals surface area (Å²) in [5.74, 6) is 0.865. The van der Waals surface area contributed by atoms with Gasteiger partial charge in [-0.3, -0.25) is 4.79 Å². The molecule has 0 amide bonds. The van der Waals surface area contributed by atoms with Gasteiger partial charge in [0.15, 0.2) is 0 Å². The molecule has 0 aliphatic heterocycles. The first kappa shape index (κ1) is 13.0. The van der Waals surface area contributed by atoms with Gasteiger partial charge < -0.3 is 0 Å².